The van der Waals surface area contributed by atoms with Gasteiger partial charge >= 0.3 is 0 Å². The van der Waals surface area contributed by atoms with Crippen LogP contribution in [0.1, 0.15) is 62.0 Å². The van der Waals surface area contributed by atoms with Gasteiger partial charge in [-0.1, -0.05) is 26.2 Å². The summed E-state index contributed by atoms with van der Waals surface area (Å²) in [6, 6.07) is 7.08. The Morgan fingerprint density at radius 1 is 1.03 bits per heavy atom. The molecule has 9 heteroatoms. The van der Waals surface area contributed by atoms with Crippen LogP contribution in [-0.4, -0.2) is 35.8 Å². The van der Waals surface area contributed by atoms with Gasteiger partial charge in [-0.2, -0.15) is 0 Å². The van der Waals surface area contributed by atoms with Crippen molar-refractivity contribution in [1.29, 1.82) is 0 Å². The highest BCUT2D eigenvalue weighted by Gasteiger charge is 2.30. The highest BCUT2D eigenvalue weighted by atomic mass is 79.9. The number of amides is 3. The number of halogens is 1. The molecular weight excluding hydrogens is 498 g/mol. The summed E-state index contributed by atoms with van der Waals surface area (Å²) >= 11 is 6.59. The third-order valence-electron chi connectivity index (χ3n) is 5.33. The van der Waals surface area contributed by atoms with Crippen LogP contribution >= 0.6 is 38.6 Å². The lowest BCUT2D eigenvalue weighted by atomic mass is 9.89. The normalized spacial score (nSPS) is 19.5. The monoisotopic (exact) mass is 525 g/mol. The molecule has 31 heavy (non-hydrogen) atoms. The van der Waals surface area contributed by atoms with Gasteiger partial charge in [-0.3, -0.25) is 14.4 Å². The van der Waals surface area contributed by atoms with Gasteiger partial charge in [0.1, 0.15) is 6.04 Å². The molecular formula is C22H28BrN3O3S2. The topological polar surface area (TPSA) is 87.3 Å². The molecule has 0 saturated heterocycles. The Hall–Kier alpha value is -1.71. The van der Waals surface area contributed by atoms with Crippen LogP contribution in [0.4, 0.5) is 0 Å². The minimum Gasteiger partial charge on any atom is -0.350 e. The maximum absolute atomic E-state index is 12.9. The molecule has 1 aliphatic carbocycles. The fraction of sp³-hybridized carbons (Fsp3) is 0.500. The third kappa shape index (κ3) is 6.63. The summed E-state index contributed by atoms with van der Waals surface area (Å²) in [5.74, 6) is -0.497. The van der Waals surface area contributed by atoms with Gasteiger partial charge < -0.3 is 16.0 Å². The summed E-state index contributed by atoms with van der Waals surface area (Å²) in [7, 11) is 0. The number of thiophene rings is 2. The second kappa shape index (κ2) is 11.2. The Morgan fingerprint density at radius 3 is 2.29 bits per heavy atom. The van der Waals surface area contributed by atoms with Crippen molar-refractivity contribution >= 4 is 56.3 Å². The Kier molecular flexibility index (Phi) is 8.68. The summed E-state index contributed by atoms with van der Waals surface area (Å²) in [6.07, 6.45) is 5.04. The van der Waals surface area contributed by atoms with Crippen LogP contribution in [0.5, 0.6) is 0 Å². The zero-order chi connectivity index (χ0) is 22.4. The molecule has 2 aromatic rings. The molecule has 0 spiro atoms. The molecule has 1 saturated carbocycles. The number of hydrogen-bond acceptors (Lipinski definition) is 5. The molecule has 0 radical (unpaired) electrons. The minimum absolute atomic E-state index is 0.106. The van der Waals surface area contributed by atoms with Crippen molar-refractivity contribution in [2.45, 2.75) is 70.5 Å². The molecule has 0 aromatic carbocycles. The lowest BCUT2D eigenvalue weighted by molar-refractivity contribution is -0.129. The van der Waals surface area contributed by atoms with Gasteiger partial charge in [-0.15, -0.1) is 22.7 Å². The van der Waals surface area contributed by atoms with E-state index in [0.717, 1.165) is 45.6 Å². The van der Waals surface area contributed by atoms with Gasteiger partial charge in [0, 0.05) is 28.8 Å². The first-order valence-corrected chi connectivity index (χ1v) is 13.0. The molecule has 168 valence electrons. The number of hydrogen-bond donors (Lipinski definition) is 3. The van der Waals surface area contributed by atoms with Crippen molar-refractivity contribution in [2.24, 2.45) is 0 Å². The average Bonchev–Trinajstić information content (AvgIpc) is 3.38. The summed E-state index contributed by atoms with van der Waals surface area (Å²) in [6.45, 7) is 3.40. The number of rotatable bonds is 8. The minimum atomic E-state index is -0.536. The highest BCUT2D eigenvalue weighted by molar-refractivity contribution is 9.11. The van der Waals surface area contributed by atoms with E-state index < -0.39 is 6.04 Å². The van der Waals surface area contributed by atoms with Crippen LogP contribution in [0.15, 0.2) is 28.1 Å². The first-order valence-electron chi connectivity index (χ1n) is 10.6. The quantitative estimate of drug-likeness (QED) is 0.466. The van der Waals surface area contributed by atoms with E-state index in [9.17, 15) is 14.4 Å². The van der Waals surface area contributed by atoms with Gasteiger partial charge in [0.2, 0.25) is 11.8 Å². The van der Waals surface area contributed by atoms with Crippen molar-refractivity contribution in [2.75, 3.05) is 0 Å². The average molecular weight is 527 g/mol. The molecule has 0 aliphatic heterocycles. The second-order valence-corrected chi connectivity index (χ2v) is 11.3. The number of carbonyl (C=O) groups is 3. The standard InChI is InChI=1S/C22H28BrN3O3S2/c1-3-6-16(24-13(2)27)21(28)25-14-7-4-5-8-15(14)26-22(29)19-10-9-17(30-19)18-11-12-20(23)31-18/h9-12,14-16H,3-8H2,1-2H3,(H,24,27)(H,25,28)(H,26,29)/t14-,15-,16+/m1/s1. The smallest absolute Gasteiger partial charge is 0.261 e. The molecule has 1 aliphatic rings. The highest BCUT2D eigenvalue weighted by Crippen LogP contribution is 2.35. The molecule has 0 bridgehead atoms. The Bertz CT molecular complexity index is 927. The van der Waals surface area contributed by atoms with E-state index in [2.05, 4.69) is 31.9 Å². The van der Waals surface area contributed by atoms with Crippen LogP contribution in [0.3, 0.4) is 0 Å². The van der Waals surface area contributed by atoms with E-state index in [1.165, 1.54) is 18.3 Å². The van der Waals surface area contributed by atoms with Gasteiger partial charge in [0.25, 0.3) is 5.91 Å². The molecule has 3 atom stereocenters. The summed E-state index contributed by atoms with van der Waals surface area (Å²) in [4.78, 5) is 40.0. The molecule has 2 aromatic heterocycles. The van der Waals surface area contributed by atoms with Crippen LogP contribution in [-0.2, 0) is 9.59 Å². The van der Waals surface area contributed by atoms with Crippen LogP contribution in [0, 0.1) is 0 Å². The maximum Gasteiger partial charge on any atom is 0.261 e. The third-order valence-corrected chi connectivity index (χ3v) is 8.23. The van der Waals surface area contributed by atoms with E-state index in [4.69, 9.17) is 0 Å². The largest absolute Gasteiger partial charge is 0.350 e. The fourth-order valence-corrected chi connectivity index (χ4v) is 6.23. The van der Waals surface area contributed by atoms with Crippen molar-refractivity contribution < 1.29 is 14.4 Å². The van der Waals surface area contributed by atoms with Gasteiger partial charge in [0.05, 0.1) is 8.66 Å². The Labute approximate surface area is 199 Å². The maximum atomic E-state index is 12.9. The molecule has 3 amide bonds. The van der Waals surface area contributed by atoms with Crippen molar-refractivity contribution in [3.63, 3.8) is 0 Å². The molecule has 6 nitrogen and oxygen atoms in total. The summed E-state index contributed by atoms with van der Waals surface area (Å²) in [5.41, 5.74) is 0. The van der Waals surface area contributed by atoms with E-state index >= 15 is 0 Å². The zero-order valence-electron chi connectivity index (χ0n) is 17.7. The number of nitrogens with one attached hydrogen (secondary N) is 3. The van der Waals surface area contributed by atoms with E-state index in [1.807, 2.05) is 31.2 Å². The van der Waals surface area contributed by atoms with Crippen molar-refractivity contribution in [1.82, 2.24) is 16.0 Å². The Balaban J connectivity index is 1.63. The first kappa shape index (κ1) is 23.9. The molecule has 2 heterocycles. The van der Waals surface area contributed by atoms with Crippen molar-refractivity contribution in [3.8, 4) is 9.75 Å². The summed E-state index contributed by atoms with van der Waals surface area (Å²) in [5, 5.41) is 8.95. The van der Waals surface area contributed by atoms with Gasteiger partial charge in [-0.25, -0.2) is 0 Å². The molecule has 1 fully saturated rings. The predicted molar refractivity (Wildman–Crippen MR) is 129 cm³/mol. The van der Waals surface area contributed by atoms with Crippen LogP contribution in [0.2, 0.25) is 0 Å². The lowest BCUT2D eigenvalue weighted by Crippen LogP contribution is -2.57. The number of carbonyl (C=O) groups excluding carboxylic acids is 3. The molecule has 3 N–H and O–H groups in total. The summed E-state index contributed by atoms with van der Waals surface area (Å²) < 4.78 is 1.06. The zero-order valence-corrected chi connectivity index (χ0v) is 20.9. The van der Waals surface area contributed by atoms with E-state index in [-0.39, 0.29) is 29.8 Å². The van der Waals surface area contributed by atoms with E-state index in [1.54, 1.807) is 11.3 Å². The van der Waals surface area contributed by atoms with E-state index in [0.29, 0.717) is 11.3 Å². The van der Waals surface area contributed by atoms with Crippen molar-refractivity contribution in [3.05, 3.63) is 32.9 Å². The van der Waals surface area contributed by atoms with Crippen LogP contribution < -0.4 is 16.0 Å². The van der Waals surface area contributed by atoms with Gasteiger partial charge in [0.15, 0.2) is 0 Å². The SMILES string of the molecule is CCC[C@H](NC(C)=O)C(=O)N[C@@H]1CCCC[C@H]1NC(=O)c1ccc(-c2ccc(Br)s2)s1. The fourth-order valence-electron chi connectivity index (χ4n) is 3.84. The predicted octanol–water partition coefficient (Wildman–Crippen LogP) is 4.70. The Morgan fingerprint density at radius 2 is 1.68 bits per heavy atom. The first-order chi connectivity index (χ1) is 14.9. The second-order valence-electron chi connectivity index (χ2n) is 7.79. The van der Waals surface area contributed by atoms with Gasteiger partial charge in [-0.05, 0) is 59.5 Å². The van der Waals surface area contributed by atoms with Crippen LogP contribution in [0.25, 0.3) is 9.75 Å². The lowest BCUT2D eigenvalue weighted by Gasteiger charge is -2.33. The molecule has 0 unspecified atom stereocenters. The molecule has 3 rings (SSSR count).